The molecule has 0 aliphatic rings. The normalized spacial score (nSPS) is 9.73. The van der Waals surface area contributed by atoms with Gasteiger partial charge in [-0.15, -0.1) is 0 Å². The number of anilines is 1. The summed E-state index contributed by atoms with van der Waals surface area (Å²) in [5, 5.41) is 13.9. The number of nitrogens with one attached hydrogen (secondary N) is 2. The van der Waals surface area contributed by atoms with E-state index >= 15 is 0 Å². The van der Waals surface area contributed by atoms with Gasteiger partial charge in [-0.3, -0.25) is 9.59 Å². The van der Waals surface area contributed by atoms with Crippen LogP contribution in [0.1, 0.15) is 22.3 Å². The van der Waals surface area contributed by atoms with E-state index in [0.717, 1.165) is 5.56 Å². The van der Waals surface area contributed by atoms with Crippen molar-refractivity contribution in [2.75, 3.05) is 19.5 Å². The minimum atomic E-state index is -0.359. The third kappa shape index (κ3) is 4.98. The lowest BCUT2D eigenvalue weighted by atomic mass is 10.1. The molecule has 2 aromatic carbocycles. The molecule has 0 radical (unpaired) electrons. The molecule has 0 fully saturated rings. The molecule has 2 amide bonds. The molecule has 0 aliphatic carbocycles. The van der Waals surface area contributed by atoms with Crippen molar-refractivity contribution >= 4 is 17.5 Å². The van der Waals surface area contributed by atoms with Crippen LogP contribution in [0.25, 0.3) is 0 Å². The maximum atomic E-state index is 12.3. The van der Waals surface area contributed by atoms with Gasteiger partial charge in [-0.1, -0.05) is 12.1 Å². The molecule has 134 valence electrons. The van der Waals surface area contributed by atoms with E-state index in [1.165, 1.54) is 14.2 Å². The summed E-state index contributed by atoms with van der Waals surface area (Å²) in [7, 11) is 3.04. The summed E-state index contributed by atoms with van der Waals surface area (Å²) in [5.74, 6) is 0.440. The highest BCUT2D eigenvalue weighted by Crippen LogP contribution is 2.27. The van der Waals surface area contributed by atoms with Crippen molar-refractivity contribution in [2.45, 2.75) is 13.0 Å². The van der Waals surface area contributed by atoms with E-state index in [1.54, 1.807) is 48.5 Å². The summed E-state index contributed by atoms with van der Waals surface area (Å²) in [4.78, 5) is 23.6. The summed E-state index contributed by atoms with van der Waals surface area (Å²) in [6, 6.07) is 13.7. The maximum absolute atomic E-state index is 12.3. The Labute approximate surface area is 151 Å². The number of carbonyl (C=O) groups excluding carboxylic acids is 2. The number of methoxy groups -OCH3 is 2. The Morgan fingerprint density at radius 2 is 1.73 bits per heavy atom. The molecule has 2 N–H and O–H groups in total. The fourth-order valence-corrected chi connectivity index (χ4v) is 2.24. The smallest absolute Gasteiger partial charge is 0.251 e. The number of carbonyl (C=O) groups is 2. The lowest BCUT2D eigenvalue weighted by Gasteiger charge is -2.10. The zero-order chi connectivity index (χ0) is 18.9. The van der Waals surface area contributed by atoms with Crippen LogP contribution in [-0.2, 0) is 11.3 Å². The van der Waals surface area contributed by atoms with Gasteiger partial charge in [-0.25, -0.2) is 0 Å². The predicted molar refractivity (Wildman–Crippen MR) is 96.0 cm³/mol. The highest BCUT2D eigenvalue weighted by molar-refractivity contribution is 5.95. The summed E-state index contributed by atoms with van der Waals surface area (Å²) >= 11 is 0. The first kappa shape index (κ1) is 18.8. The first-order valence-electron chi connectivity index (χ1n) is 7.83. The number of hydrogen-bond donors (Lipinski definition) is 2. The number of nitrogens with zero attached hydrogens (tertiary/aromatic N) is 1. The molecule has 0 aromatic heterocycles. The van der Waals surface area contributed by atoms with E-state index in [0.29, 0.717) is 29.3 Å². The van der Waals surface area contributed by atoms with Gasteiger partial charge in [0.1, 0.15) is 6.42 Å². The number of benzene rings is 2. The van der Waals surface area contributed by atoms with E-state index in [1.807, 2.05) is 0 Å². The molecule has 0 unspecified atom stereocenters. The van der Waals surface area contributed by atoms with E-state index in [9.17, 15) is 9.59 Å². The van der Waals surface area contributed by atoms with Crippen LogP contribution < -0.4 is 20.1 Å². The molecule has 0 saturated carbocycles. The molecule has 2 aromatic rings. The van der Waals surface area contributed by atoms with Crippen molar-refractivity contribution in [1.82, 2.24) is 5.32 Å². The third-order valence-corrected chi connectivity index (χ3v) is 3.58. The quantitative estimate of drug-likeness (QED) is 0.796. The van der Waals surface area contributed by atoms with Gasteiger partial charge in [-0.2, -0.15) is 5.26 Å². The van der Waals surface area contributed by atoms with Gasteiger partial charge in [0.2, 0.25) is 5.91 Å². The molecular formula is C19H19N3O4. The minimum Gasteiger partial charge on any atom is -0.493 e. The molecule has 0 spiro atoms. The summed E-state index contributed by atoms with van der Waals surface area (Å²) in [5.41, 5.74) is 1.93. The largest absolute Gasteiger partial charge is 0.493 e. The standard InChI is InChI=1S/C19H19N3O4/c1-25-16-8-5-14(11-17(16)26-2)19(24)21-12-13-3-6-15(7-4-13)22-18(23)9-10-20/h3-8,11H,9,12H2,1-2H3,(H,21,24)(H,22,23). The second-order valence-electron chi connectivity index (χ2n) is 5.33. The van der Waals surface area contributed by atoms with E-state index in [-0.39, 0.29) is 18.2 Å². The van der Waals surface area contributed by atoms with Crippen LogP contribution in [0.2, 0.25) is 0 Å². The highest BCUT2D eigenvalue weighted by atomic mass is 16.5. The fraction of sp³-hybridized carbons (Fsp3) is 0.211. The highest BCUT2D eigenvalue weighted by Gasteiger charge is 2.10. The zero-order valence-corrected chi connectivity index (χ0v) is 14.5. The Bertz CT molecular complexity index is 826. The van der Waals surface area contributed by atoms with Crippen LogP contribution in [0.4, 0.5) is 5.69 Å². The topological polar surface area (TPSA) is 100 Å². The average Bonchev–Trinajstić information content (AvgIpc) is 2.66. The Hall–Kier alpha value is -3.53. The van der Waals surface area contributed by atoms with Gasteiger partial charge >= 0.3 is 0 Å². The second-order valence-corrected chi connectivity index (χ2v) is 5.33. The van der Waals surface area contributed by atoms with Crippen molar-refractivity contribution in [3.8, 4) is 17.6 Å². The van der Waals surface area contributed by atoms with Gasteiger partial charge < -0.3 is 20.1 Å². The summed E-state index contributed by atoms with van der Waals surface area (Å²) in [6.07, 6.45) is -0.191. The zero-order valence-electron chi connectivity index (χ0n) is 14.5. The lowest BCUT2D eigenvalue weighted by Crippen LogP contribution is -2.22. The third-order valence-electron chi connectivity index (χ3n) is 3.58. The van der Waals surface area contributed by atoms with Crippen LogP contribution in [0.5, 0.6) is 11.5 Å². The molecule has 0 heterocycles. The Balaban J connectivity index is 1.95. The Morgan fingerprint density at radius 1 is 1.04 bits per heavy atom. The number of ether oxygens (including phenoxy) is 2. The van der Waals surface area contributed by atoms with Gasteiger partial charge in [0, 0.05) is 17.8 Å². The Kier molecular flexibility index (Phi) is 6.57. The van der Waals surface area contributed by atoms with Crippen molar-refractivity contribution in [1.29, 1.82) is 5.26 Å². The monoisotopic (exact) mass is 353 g/mol. The van der Waals surface area contributed by atoms with Gasteiger partial charge in [0.25, 0.3) is 5.91 Å². The first-order valence-corrected chi connectivity index (χ1v) is 7.83. The van der Waals surface area contributed by atoms with Gasteiger partial charge in [0.05, 0.1) is 20.3 Å². The molecule has 0 saturated heterocycles. The predicted octanol–water partition coefficient (Wildman–Crippen LogP) is 2.49. The number of amides is 2. The van der Waals surface area contributed by atoms with Crippen LogP contribution in [-0.4, -0.2) is 26.0 Å². The van der Waals surface area contributed by atoms with E-state index in [4.69, 9.17) is 14.7 Å². The fourth-order valence-electron chi connectivity index (χ4n) is 2.24. The molecule has 7 heteroatoms. The van der Waals surface area contributed by atoms with Gasteiger partial charge in [-0.05, 0) is 35.9 Å². The molecule has 0 atom stereocenters. The minimum absolute atomic E-state index is 0.191. The molecule has 0 bridgehead atoms. The Morgan fingerprint density at radius 3 is 2.35 bits per heavy atom. The van der Waals surface area contributed by atoms with Crippen molar-refractivity contribution in [2.24, 2.45) is 0 Å². The summed E-state index contributed by atoms with van der Waals surface area (Å²) in [6.45, 7) is 0.333. The average molecular weight is 353 g/mol. The van der Waals surface area contributed by atoms with Crippen LogP contribution in [0.15, 0.2) is 42.5 Å². The number of rotatable bonds is 7. The van der Waals surface area contributed by atoms with Crippen molar-refractivity contribution in [3.05, 3.63) is 53.6 Å². The molecular weight excluding hydrogens is 334 g/mol. The van der Waals surface area contributed by atoms with Crippen LogP contribution in [0.3, 0.4) is 0 Å². The van der Waals surface area contributed by atoms with E-state index < -0.39 is 0 Å². The van der Waals surface area contributed by atoms with Crippen molar-refractivity contribution < 1.29 is 19.1 Å². The van der Waals surface area contributed by atoms with Crippen molar-refractivity contribution in [3.63, 3.8) is 0 Å². The lowest BCUT2D eigenvalue weighted by molar-refractivity contribution is -0.115. The molecule has 7 nitrogen and oxygen atoms in total. The number of hydrogen-bond acceptors (Lipinski definition) is 5. The first-order chi connectivity index (χ1) is 12.6. The molecule has 0 aliphatic heterocycles. The maximum Gasteiger partial charge on any atom is 0.251 e. The summed E-state index contributed by atoms with van der Waals surface area (Å²) < 4.78 is 10.3. The second kappa shape index (κ2) is 9.08. The SMILES string of the molecule is COc1ccc(C(=O)NCc2ccc(NC(=O)CC#N)cc2)cc1OC. The van der Waals surface area contributed by atoms with E-state index in [2.05, 4.69) is 10.6 Å². The van der Waals surface area contributed by atoms with Gasteiger partial charge in [0.15, 0.2) is 11.5 Å². The van der Waals surface area contributed by atoms with Crippen LogP contribution >= 0.6 is 0 Å². The number of nitriles is 1. The van der Waals surface area contributed by atoms with Crippen LogP contribution in [0, 0.1) is 11.3 Å². The molecule has 26 heavy (non-hydrogen) atoms. The molecule has 2 rings (SSSR count).